The molecule has 2 aromatic carbocycles. The normalized spacial score (nSPS) is 12.0. The molecule has 5 heteroatoms. The van der Waals surface area contributed by atoms with E-state index in [2.05, 4.69) is 21.2 Å². The maximum Gasteiger partial charge on any atom is 0.257 e. The standard InChI is InChI=1S/C15H12BrCl2NO/c1-9(16)11-4-2-3-5-14(11)19-15(20)12-7-6-10(17)8-13(12)18/h2-9H,1H3,(H,19,20). The van der Waals surface area contributed by atoms with Crippen LogP contribution in [0.1, 0.15) is 27.7 Å². The van der Waals surface area contributed by atoms with Gasteiger partial charge in [0.1, 0.15) is 0 Å². The van der Waals surface area contributed by atoms with Crippen LogP contribution in [0.15, 0.2) is 42.5 Å². The molecule has 0 heterocycles. The van der Waals surface area contributed by atoms with Crippen molar-refractivity contribution in [3.8, 4) is 0 Å². The minimum atomic E-state index is -0.257. The lowest BCUT2D eigenvalue weighted by molar-refractivity contribution is 0.102. The number of hydrogen-bond donors (Lipinski definition) is 1. The topological polar surface area (TPSA) is 29.1 Å². The van der Waals surface area contributed by atoms with E-state index in [4.69, 9.17) is 23.2 Å². The van der Waals surface area contributed by atoms with E-state index in [-0.39, 0.29) is 10.7 Å². The molecule has 0 bridgehead atoms. The summed E-state index contributed by atoms with van der Waals surface area (Å²) in [6.45, 7) is 2.00. The molecular formula is C15H12BrCl2NO. The number of benzene rings is 2. The van der Waals surface area contributed by atoms with Crippen LogP contribution in [0.3, 0.4) is 0 Å². The Morgan fingerprint density at radius 2 is 1.90 bits per heavy atom. The average Bonchev–Trinajstić information content (AvgIpc) is 2.38. The van der Waals surface area contributed by atoms with Gasteiger partial charge in [-0.25, -0.2) is 0 Å². The number of amides is 1. The number of para-hydroxylation sites is 1. The minimum absolute atomic E-state index is 0.139. The quantitative estimate of drug-likeness (QED) is 0.687. The molecule has 2 rings (SSSR count). The Labute approximate surface area is 136 Å². The molecule has 20 heavy (non-hydrogen) atoms. The smallest absolute Gasteiger partial charge is 0.257 e. The van der Waals surface area contributed by atoms with Gasteiger partial charge in [0.25, 0.3) is 5.91 Å². The Kier molecular flexibility index (Phi) is 5.08. The minimum Gasteiger partial charge on any atom is -0.322 e. The Morgan fingerprint density at radius 1 is 1.20 bits per heavy atom. The monoisotopic (exact) mass is 371 g/mol. The molecule has 1 N–H and O–H groups in total. The fraction of sp³-hybridized carbons (Fsp3) is 0.133. The van der Waals surface area contributed by atoms with Gasteiger partial charge in [-0.3, -0.25) is 4.79 Å². The second-order valence-corrected chi connectivity index (χ2v) is 6.50. The first kappa shape index (κ1) is 15.4. The van der Waals surface area contributed by atoms with Crippen LogP contribution in [-0.4, -0.2) is 5.91 Å². The highest BCUT2D eigenvalue weighted by Crippen LogP contribution is 2.29. The first-order valence-electron chi connectivity index (χ1n) is 5.98. The summed E-state index contributed by atoms with van der Waals surface area (Å²) in [5.74, 6) is -0.257. The lowest BCUT2D eigenvalue weighted by Crippen LogP contribution is -2.13. The fourth-order valence-corrected chi connectivity index (χ4v) is 2.71. The highest BCUT2D eigenvalue weighted by molar-refractivity contribution is 9.09. The number of hydrogen-bond acceptors (Lipinski definition) is 1. The highest BCUT2D eigenvalue weighted by atomic mass is 79.9. The van der Waals surface area contributed by atoms with Gasteiger partial charge >= 0.3 is 0 Å². The first-order chi connectivity index (χ1) is 9.49. The van der Waals surface area contributed by atoms with Gasteiger partial charge in [0.2, 0.25) is 0 Å². The van der Waals surface area contributed by atoms with Gasteiger partial charge in [0, 0.05) is 15.5 Å². The summed E-state index contributed by atoms with van der Waals surface area (Å²) in [4.78, 5) is 12.4. The molecule has 0 aromatic heterocycles. The van der Waals surface area contributed by atoms with E-state index in [0.717, 1.165) is 11.3 Å². The second-order valence-electron chi connectivity index (χ2n) is 4.28. The maximum atomic E-state index is 12.3. The van der Waals surface area contributed by atoms with Crippen LogP contribution in [0.25, 0.3) is 0 Å². The zero-order chi connectivity index (χ0) is 14.7. The van der Waals surface area contributed by atoms with E-state index in [1.54, 1.807) is 18.2 Å². The molecule has 2 aromatic rings. The van der Waals surface area contributed by atoms with Crippen LogP contribution >= 0.6 is 39.1 Å². The molecule has 0 aliphatic rings. The van der Waals surface area contributed by atoms with E-state index < -0.39 is 0 Å². The van der Waals surface area contributed by atoms with Crippen LogP contribution < -0.4 is 5.32 Å². The van der Waals surface area contributed by atoms with Gasteiger partial charge in [-0.15, -0.1) is 0 Å². The largest absolute Gasteiger partial charge is 0.322 e. The lowest BCUT2D eigenvalue weighted by Gasteiger charge is -2.13. The molecule has 0 aliphatic carbocycles. The van der Waals surface area contributed by atoms with E-state index >= 15 is 0 Å². The van der Waals surface area contributed by atoms with Crippen molar-refractivity contribution in [2.45, 2.75) is 11.8 Å². The number of alkyl halides is 1. The summed E-state index contributed by atoms with van der Waals surface area (Å²) in [5.41, 5.74) is 2.16. The SMILES string of the molecule is CC(Br)c1ccccc1NC(=O)c1ccc(Cl)cc1Cl. The van der Waals surface area contributed by atoms with Crippen molar-refractivity contribution in [2.24, 2.45) is 0 Å². The van der Waals surface area contributed by atoms with Crippen molar-refractivity contribution in [3.63, 3.8) is 0 Å². The zero-order valence-electron chi connectivity index (χ0n) is 10.7. The molecule has 1 atom stereocenters. The maximum absolute atomic E-state index is 12.3. The highest BCUT2D eigenvalue weighted by Gasteiger charge is 2.14. The van der Waals surface area contributed by atoms with Gasteiger partial charge in [-0.1, -0.05) is 57.3 Å². The predicted octanol–water partition coefficient (Wildman–Crippen LogP) is 5.70. The summed E-state index contributed by atoms with van der Waals surface area (Å²) in [6.07, 6.45) is 0. The molecule has 0 radical (unpaired) electrons. The molecular weight excluding hydrogens is 361 g/mol. The number of anilines is 1. The van der Waals surface area contributed by atoms with E-state index in [0.29, 0.717) is 15.6 Å². The Balaban J connectivity index is 2.28. The molecule has 0 fully saturated rings. The third-order valence-electron chi connectivity index (χ3n) is 2.81. The molecule has 1 amide bonds. The average molecular weight is 373 g/mol. The van der Waals surface area contributed by atoms with Crippen LogP contribution in [0.2, 0.25) is 10.0 Å². The van der Waals surface area contributed by atoms with Gasteiger partial charge in [-0.05, 0) is 36.8 Å². The number of carbonyl (C=O) groups excluding carboxylic acids is 1. The second kappa shape index (κ2) is 6.61. The summed E-state index contributed by atoms with van der Waals surface area (Å²) >= 11 is 15.4. The lowest BCUT2D eigenvalue weighted by atomic mass is 10.1. The van der Waals surface area contributed by atoms with Crippen molar-refractivity contribution in [1.82, 2.24) is 0 Å². The van der Waals surface area contributed by atoms with Gasteiger partial charge in [0.15, 0.2) is 0 Å². The van der Waals surface area contributed by atoms with Crippen LogP contribution in [0.4, 0.5) is 5.69 Å². The Bertz CT molecular complexity index is 644. The van der Waals surface area contributed by atoms with Crippen molar-refractivity contribution in [3.05, 3.63) is 63.6 Å². The fourth-order valence-electron chi connectivity index (χ4n) is 1.82. The molecule has 0 saturated carbocycles. The number of carbonyl (C=O) groups is 1. The number of nitrogens with one attached hydrogen (secondary N) is 1. The number of rotatable bonds is 3. The zero-order valence-corrected chi connectivity index (χ0v) is 13.8. The molecule has 2 nitrogen and oxygen atoms in total. The summed E-state index contributed by atoms with van der Waals surface area (Å²) in [6, 6.07) is 12.4. The van der Waals surface area contributed by atoms with Crippen molar-refractivity contribution >= 4 is 50.7 Å². The third-order valence-corrected chi connectivity index (χ3v) is 3.85. The summed E-state index contributed by atoms with van der Waals surface area (Å²) < 4.78 is 0. The third kappa shape index (κ3) is 3.54. The van der Waals surface area contributed by atoms with Gasteiger partial charge in [-0.2, -0.15) is 0 Å². The van der Waals surface area contributed by atoms with Crippen molar-refractivity contribution < 1.29 is 4.79 Å². The van der Waals surface area contributed by atoms with Crippen molar-refractivity contribution in [1.29, 1.82) is 0 Å². The van der Waals surface area contributed by atoms with E-state index in [9.17, 15) is 4.79 Å². The molecule has 104 valence electrons. The molecule has 1 unspecified atom stereocenters. The molecule has 0 saturated heterocycles. The van der Waals surface area contributed by atoms with E-state index in [1.807, 2.05) is 31.2 Å². The molecule has 0 aliphatic heterocycles. The van der Waals surface area contributed by atoms with Gasteiger partial charge in [0.05, 0.1) is 10.6 Å². The summed E-state index contributed by atoms with van der Waals surface area (Å²) in [5, 5.41) is 3.71. The first-order valence-corrected chi connectivity index (χ1v) is 7.65. The van der Waals surface area contributed by atoms with Crippen LogP contribution in [0, 0.1) is 0 Å². The Morgan fingerprint density at radius 3 is 2.55 bits per heavy atom. The van der Waals surface area contributed by atoms with Gasteiger partial charge < -0.3 is 5.32 Å². The van der Waals surface area contributed by atoms with E-state index in [1.165, 1.54) is 0 Å². The Hall–Kier alpha value is -1.03. The van der Waals surface area contributed by atoms with Crippen LogP contribution in [0.5, 0.6) is 0 Å². The molecule has 0 spiro atoms. The van der Waals surface area contributed by atoms with Crippen molar-refractivity contribution in [2.75, 3.05) is 5.32 Å². The summed E-state index contributed by atoms with van der Waals surface area (Å²) in [7, 11) is 0. The predicted molar refractivity (Wildman–Crippen MR) is 88.2 cm³/mol. The number of halogens is 3. The van der Waals surface area contributed by atoms with Crippen LogP contribution in [-0.2, 0) is 0 Å².